The van der Waals surface area contributed by atoms with E-state index in [0.717, 1.165) is 43.6 Å². The van der Waals surface area contributed by atoms with Crippen LogP contribution in [0.3, 0.4) is 0 Å². The fourth-order valence-corrected chi connectivity index (χ4v) is 5.05. The average molecular weight is 595 g/mol. The van der Waals surface area contributed by atoms with Crippen molar-refractivity contribution in [3.8, 4) is 28.2 Å². The molecule has 0 aliphatic rings. The molecule has 1 N–H and O–H groups in total. The van der Waals surface area contributed by atoms with E-state index in [1.54, 1.807) is 12.3 Å². The number of aromatic nitrogens is 1. The van der Waals surface area contributed by atoms with Gasteiger partial charge in [-0.1, -0.05) is 88.2 Å². The predicted octanol–water partition coefficient (Wildman–Crippen LogP) is 8.74. The normalized spacial score (nSPS) is 11.3. The molecule has 2 heterocycles. The number of hydrogen-bond acceptors (Lipinski definition) is 3. The minimum Gasteiger partial charge on any atom is -0.451 e. The topological polar surface area (TPSA) is 59.5 Å². The first-order chi connectivity index (χ1) is 19.1. The van der Waals surface area contributed by atoms with Gasteiger partial charge < -0.3 is 8.98 Å². The van der Waals surface area contributed by atoms with Crippen molar-refractivity contribution in [2.75, 3.05) is 0 Å². The van der Waals surface area contributed by atoms with Crippen LogP contribution in [-0.2, 0) is 0 Å². The monoisotopic (exact) mass is 593 g/mol. The smallest absolute Gasteiger partial charge is 0.307 e. The predicted molar refractivity (Wildman–Crippen MR) is 161 cm³/mol. The van der Waals surface area contributed by atoms with E-state index in [0.29, 0.717) is 10.6 Å². The molecule has 0 unspecified atom stereocenters. The molecule has 5 nitrogen and oxygen atoms in total. The number of rotatable bonds is 6. The van der Waals surface area contributed by atoms with Gasteiger partial charge in [-0.05, 0) is 65.7 Å². The molecule has 0 bridgehead atoms. The van der Waals surface area contributed by atoms with Crippen LogP contribution in [0.25, 0.3) is 39.2 Å². The number of carbonyl (C=O) groups is 1. The average Bonchev–Trinajstić information content (AvgIpc) is 3.56. The van der Waals surface area contributed by atoms with Gasteiger partial charge in [0.1, 0.15) is 5.58 Å². The first kappa shape index (κ1) is 24.9. The molecule has 6 aromatic rings. The van der Waals surface area contributed by atoms with Crippen LogP contribution in [0.15, 0.2) is 129 Å². The number of nitrogens with zero attached hydrogens (tertiary/aromatic N) is 2. The van der Waals surface area contributed by atoms with Crippen LogP contribution in [0, 0.1) is 0 Å². The van der Waals surface area contributed by atoms with Crippen molar-refractivity contribution < 1.29 is 9.21 Å². The molecule has 7 heteroatoms. The lowest BCUT2D eigenvalue weighted by Crippen LogP contribution is -2.16. The largest absolute Gasteiger partial charge is 0.451 e. The molecule has 0 saturated carbocycles. The van der Waals surface area contributed by atoms with Crippen molar-refractivity contribution in [3.63, 3.8) is 0 Å². The maximum absolute atomic E-state index is 12.8. The van der Waals surface area contributed by atoms with Crippen molar-refractivity contribution in [1.29, 1.82) is 0 Å². The van der Waals surface area contributed by atoms with Crippen molar-refractivity contribution >= 4 is 50.6 Å². The van der Waals surface area contributed by atoms with E-state index in [1.165, 1.54) is 0 Å². The Kier molecular flexibility index (Phi) is 6.88. The molecular weight excluding hydrogens is 574 g/mol. The number of hydrogen-bond donors (Lipinski definition) is 1. The molecular formula is C32H21BrClN3O2. The van der Waals surface area contributed by atoms with Gasteiger partial charge in [0.15, 0.2) is 5.76 Å². The molecule has 2 aromatic heterocycles. The van der Waals surface area contributed by atoms with Gasteiger partial charge in [-0.25, -0.2) is 5.43 Å². The molecule has 0 aliphatic carbocycles. The highest BCUT2D eigenvalue weighted by Crippen LogP contribution is 2.35. The van der Waals surface area contributed by atoms with Crippen LogP contribution >= 0.6 is 27.5 Å². The Labute approximate surface area is 238 Å². The molecule has 0 atom stereocenters. The van der Waals surface area contributed by atoms with E-state index in [4.69, 9.17) is 16.0 Å². The van der Waals surface area contributed by atoms with Gasteiger partial charge in [0.05, 0.1) is 17.6 Å². The van der Waals surface area contributed by atoms with Crippen LogP contribution in [0.1, 0.15) is 16.1 Å². The highest BCUT2D eigenvalue weighted by atomic mass is 79.9. The quantitative estimate of drug-likeness (QED) is 0.155. The minimum atomic E-state index is -0.430. The van der Waals surface area contributed by atoms with Crippen LogP contribution in [-0.4, -0.2) is 16.7 Å². The number of nitrogens with one attached hydrogen (secondary N) is 1. The zero-order valence-electron chi connectivity index (χ0n) is 20.5. The Hall–Kier alpha value is -4.39. The van der Waals surface area contributed by atoms with Gasteiger partial charge >= 0.3 is 5.91 Å². The maximum Gasteiger partial charge on any atom is 0.307 e. The first-order valence-corrected chi connectivity index (χ1v) is 13.4. The summed E-state index contributed by atoms with van der Waals surface area (Å²) in [6.07, 6.45) is 1.67. The molecule has 190 valence electrons. The molecule has 0 spiro atoms. The van der Waals surface area contributed by atoms with Gasteiger partial charge in [-0.15, -0.1) is 0 Å². The number of hydrazone groups is 1. The summed E-state index contributed by atoms with van der Waals surface area (Å²) >= 11 is 9.66. The second-order valence-corrected chi connectivity index (χ2v) is 10.2. The van der Waals surface area contributed by atoms with E-state index >= 15 is 0 Å². The summed E-state index contributed by atoms with van der Waals surface area (Å²) < 4.78 is 8.80. The molecule has 0 radical (unpaired) electrons. The number of halogens is 2. The summed E-state index contributed by atoms with van der Waals surface area (Å²) in [6.45, 7) is 0. The van der Waals surface area contributed by atoms with E-state index in [-0.39, 0.29) is 5.76 Å². The molecule has 39 heavy (non-hydrogen) atoms. The Bertz CT molecular complexity index is 1810. The third-order valence-corrected chi connectivity index (χ3v) is 7.05. The minimum absolute atomic E-state index is 0.187. The number of benzene rings is 4. The van der Waals surface area contributed by atoms with E-state index in [2.05, 4.69) is 61.4 Å². The van der Waals surface area contributed by atoms with E-state index in [1.807, 2.05) is 78.9 Å². The second-order valence-electron chi connectivity index (χ2n) is 8.87. The maximum atomic E-state index is 12.8. The van der Waals surface area contributed by atoms with Gasteiger partial charge in [0.25, 0.3) is 0 Å². The zero-order valence-corrected chi connectivity index (χ0v) is 22.9. The third-order valence-electron chi connectivity index (χ3n) is 6.30. The van der Waals surface area contributed by atoms with Crippen molar-refractivity contribution in [2.45, 2.75) is 0 Å². The highest BCUT2D eigenvalue weighted by Gasteiger charge is 2.19. The highest BCUT2D eigenvalue weighted by molar-refractivity contribution is 9.10. The van der Waals surface area contributed by atoms with Crippen molar-refractivity contribution in [1.82, 2.24) is 9.99 Å². The summed E-state index contributed by atoms with van der Waals surface area (Å²) in [5, 5.41) is 5.81. The number of fused-ring (bicyclic) bond motifs is 1. The summed E-state index contributed by atoms with van der Waals surface area (Å²) in [7, 11) is 0. The standard InChI is InChI=1S/C32H21BrClN3O2/c33-25-11-16-29-23(17-25)19-30(39-29)32(38)36-35-20-24-18-28(21-7-3-1-4-8-21)37(27-14-12-26(34)13-15-27)31(24)22-9-5-2-6-10-22/h1-20H,(H,36,38)/b35-20-. The lowest BCUT2D eigenvalue weighted by Gasteiger charge is -2.15. The molecule has 6 rings (SSSR count). The fourth-order valence-electron chi connectivity index (χ4n) is 4.54. The summed E-state index contributed by atoms with van der Waals surface area (Å²) in [4.78, 5) is 12.8. The Balaban J connectivity index is 1.43. The number of furan rings is 1. The van der Waals surface area contributed by atoms with Crippen LogP contribution < -0.4 is 5.43 Å². The molecule has 0 fully saturated rings. The van der Waals surface area contributed by atoms with Crippen LogP contribution in [0.5, 0.6) is 0 Å². The lowest BCUT2D eigenvalue weighted by molar-refractivity contribution is 0.0929. The van der Waals surface area contributed by atoms with Gasteiger partial charge in [0, 0.05) is 26.1 Å². The number of carbonyl (C=O) groups excluding carboxylic acids is 1. The molecule has 0 saturated heterocycles. The first-order valence-electron chi connectivity index (χ1n) is 12.2. The molecule has 0 aliphatic heterocycles. The molecule has 4 aromatic carbocycles. The summed E-state index contributed by atoms with van der Waals surface area (Å²) in [6, 6.07) is 37.3. The van der Waals surface area contributed by atoms with Crippen molar-refractivity contribution in [2.24, 2.45) is 5.10 Å². The zero-order chi connectivity index (χ0) is 26.8. The van der Waals surface area contributed by atoms with Gasteiger partial charge in [-0.2, -0.15) is 5.10 Å². The third kappa shape index (κ3) is 5.17. The Morgan fingerprint density at radius 2 is 1.54 bits per heavy atom. The van der Waals surface area contributed by atoms with Crippen LogP contribution in [0.4, 0.5) is 0 Å². The van der Waals surface area contributed by atoms with E-state index < -0.39 is 5.91 Å². The SMILES string of the molecule is O=C(N/N=C\c1cc(-c2ccccc2)n(-c2ccc(Cl)cc2)c1-c1ccccc1)c1cc2cc(Br)ccc2o1. The summed E-state index contributed by atoms with van der Waals surface area (Å²) in [5.74, 6) is -0.243. The Morgan fingerprint density at radius 1 is 0.846 bits per heavy atom. The van der Waals surface area contributed by atoms with Crippen LogP contribution in [0.2, 0.25) is 5.02 Å². The lowest BCUT2D eigenvalue weighted by atomic mass is 10.1. The Morgan fingerprint density at radius 3 is 2.26 bits per heavy atom. The molecule has 1 amide bonds. The van der Waals surface area contributed by atoms with Crippen molar-refractivity contribution in [3.05, 3.63) is 136 Å². The van der Waals surface area contributed by atoms with Gasteiger partial charge in [0.2, 0.25) is 0 Å². The number of amides is 1. The second kappa shape index (κ2) is 10.8. The van der Waals surface area contributed by atoms with E-state index in [9.17, 15) is 4.79 Å². The summed E-state index contributed by atoms with van der Waals surface area (Å²) in [5.41, 5.74) is 9.00. The van der Waals surface area contributed by atoms with Gasteiger partial charge in [-0.3, -0.25) is 4.79 Å². The fraction of sp³-hybridized carbons (Fsp3) is 0.